The van der Waals surface area contributed by atoms with Crippen molar-refractivity contribution in [2.75, 3.05) is 0 Å². The lowest BCUT2D eigenvalue weighted by Crippen LogP contribution is -2.04. The summed E-state index contributed by atoms with van der Waals surface area (Å²) in [5.74, 6) is 0. The maximum absolute atomic E-state index is 11.9. The van der Waals surface area contributed by atoms with Crippen molar-refractivity contribution in [3.8, 4) is 0 Å². The van der Waals surface area contributed by atoms with Crippen LogP contribution in [0.3, 0.4) is 0 Å². The smallest absolute Gasteiger partial charge is 0.387 e. The van der Waals surface area contributed by atoms with Gasteiger partial charge < -0.3 is 5.11 Å². The summed E-state index contributed by atoms with van der Waals surface area (Å²) in [6, 6.07) is 0.782. The molecule has 0 fully saturated rings. The predicted molar refractivity (Wildman–Crippen MR) is 34.2 cm³/mol. The van der Waals surface area contributed by atoms with Gasteiger partial charge in [0, 0.05) is 0 Å². The minimum Gasteiger partial charge on any atom is -0.387 e. The number of aromatic amines is 1. The quantitative estimate of drug-likeness (QED) is 0.687. The Kier molecular flexibility index (Phi) is 2.10. The van der Waals surface area contributed by atoms with E-state index in [0.717, 1.165) is 6.07 Å². The topological polar surface area (TPSA) is 48.9 Å². The number of nitrogens with one attached hydrogen (secondary N) is 1. The number of alkyl halides is 3. The number of H-pyrrole nitrogens is 1. The SMILES string of the molecule is C[C@@H](O)c1cc(C(F)(F)F)n[nH]1. The third-order valence-corrected chi connectivity index (χ3v) is 1.34. The normalized spacial score (nSPS) is 14.8. The van der Waals surface area contributed by atoms with Crippen molar-refractivity contribution in [3.63, 3.8) is 0 Å². The molecule has 0 bridgehead atoms. The van der Waals surface area contributed by atoms with E-state index in [4.69, 9.17) is 5.11 Å². The first-order chi connectivity index (χ1) is 5.41. The molecule has 1 heterocycles. The van der Waals surface area contributed by atoms with Crippen LogP contribution in [-0.2, 0) is 6.18 Å². The number of halogens is 3. The molecule has 0 aliphatic rings. The summed E-state index contributed by atoms with van der Waals surface area (Å²) in [5.41, 5.74) is -0.958. The summed E-state index contributed by atoms with van der Waals surface area (Å²) in [4.78, 5) is 0. The van der Waals surface area contributed by atoms with Crippen LogP contribution in [0, 0.1) is 0 Å². The van der Waals surface area contributed by atoms with E-state index in [1.54, 1.807) is 0 Å². The molecule has 0 aromatic carbocycles. The molecule has 0 aliphatic carbocycles. The lowest BCUT2D eigenvalue weighted by molar-refractivity contribution is -0.141. The van der Waals surface area contributed by atoms with E-state index in [-0.39, 0.29) is 5.69 Å². The Morgan fingerprint density at radius 2 is 2.17 bits per heavy atom. The van der Waals surface area contributed by atoms with Crippen LogP contribution in [0.1, 0.15) is 24.4 Å². The molecule has 6 heteroatoms. The molecule has 1 atom stereocenters. The molecule has 0 unspecified atom stereocenters. The molecule has 12 heavy (non-hydrogen) atoms. The molecule has 1 aromatic heterocycles. The monoisotopic (exact) mass is 180 g/mol. The van der Waals surface area contributed by atoms with Crippen molar-refractivity contribution in [1.29, 1.82) is 0 Å². The van der Waals surface area contributed by atoms with Gasteiger partial charge in [0.15, 0.2) is 5.69 Å². The molecule has 1 aromatic rings. The largest absolute Gasteiger partial charge is 0.435 e. The number of aliphatic hydroxyl groups excluding tert-OH is 1. The number of nitrogens with zero attached hydrogens (tertiary/aromatic N) is 1. The average Bonchev–Trinajstić information content (AvgIpc) is 2.30. The molecule has 0 radical (unpaired) electrons. The van der Waals surface area contributed by atoms with E-state index in [1.165, 1.54) is 6.92 Å². The van der Waals surface area contributed by atoms with Gasteiger partial charge in [0.25, 0.3) is 0 Å². The van der Waals surface area contributed by atoms with E-state index >= 15 is 0 Å². The van der Waals surface area contributed by atoms with Gasteiger partial charge in [0.2, 0.25) is 0 Å². The molecule has 68 valence electrons. The van der Waals surface area contributed by atoms with Crippen LogP contribution in [-0.4, -0.2) is 15.3 Å². The first kappa shape index (κ1) is 9.05. The zero-order chi connectivity index (χ0) is 9.35. The summed E-state index contributed by atoms with van der Waals surface area (Å²) in [6.45, 7) is 1.35. The van der Waals surface area contributed by atoms with Crippen LogP contribution in [0.25, 0.3) is 0 Å². The van der Waals surface area contributed by atoms with Gasteiger partial charge in [-0.05, 0) is 13.0 Å². The molecule has 0 aliphatic heterocycles. The first-order valence-corrected chi connectivity index (χ1v) is 3.22. The third-order valence-electron chi connectivity index (χ3n) is 1.34. The van der Waals surface area contributed by atoms with Crippen molar-refractivity contribution in [2.45, 2.75) is 19.2 Å². The number of hydrogen-bond acceptors (Lipinski definition) is 2. The van der Waals surface area contributed by atoms with Crippen LogP contribution in [0.2, 0.25) is 0 Å². The van der Waals surface area contributed by atoms with Crippen molar-refractivity contribution >= 4 is 0 Å². The number of rotatable bonds is 1. The van der Waals surface area contributed by atoms with Gasteiger partial charge in [-0.1, -0.05) is 0 Å². The Labute approximate surface area is 66.2 Å². The van der Waals surface area contributed by atoms with Gasteiger partial charge in [-0.25, -0.2) is 0 Å². The van der Waals surface area contributed by atoms with Gasteiger partial charge in [-0.3, -0.25) is 5.10 Å². The van der Waals surface area contributed by atoms with Gasteiger partial charge in [-0.15, -0.1) is 0 Å². The molecule has 0 saturated heterocycles. The van der Waals surface area contributed by atoms with Crippen LogP contribution < -0.4 is 0 Å². The highest BCUT2D eigenvalue weighted by Crippen LogP contribution is 2.28. The van der Waals surface area contributed by atoms with Gasteiger partial charge in [0.05, 0.1) is 11.8 Å². The van der Waals surface area contributed by atoms with Crippen LogP contribution in [0.15, 0.2) is 6.07 Å². The molecule has 2 N–H and O–H groups in total. The van der Waals surface area contributed by atoms with Crippen LogP contribution >= 0.6 is 0 Å². The van der Waals surface area contributed by atoms with E-state index in [1.807, 2.05) is 0 Å². The highest BCUT2D eigenvalue weighted by atomic mass is 19.4. The maximum Gasteiger partial charge on any atom is 0.435 e. The Morgan fingerprint density at radius 3 is 2.42 bits per heavy atom. The molecule has 3 nitrogen and oxygen atoms in total. The van der Waals surface area contributed by atoms with Crippen molar-refractivity contribution in [2.24, 2.45) is 0 Å². The summed E-state index contributed by atoms with van der Waals surface area (Å²) >= 11 is 0. The fourth-order valence-corrected chi connectivity index (χ4v) is 0.696. The number of hydrogen-bond donors (Lipinski definition) is 2. The standard InChI is InChI=1S/C6H7F3N2O/c1-3(12)4-2-5(11-10-4)6(7,8)9/h2-3,12H,1H3,(H,10,11)/t3-/m1/s1. The summed E-state index contributed by atoms with van der Waals surface area (Å²) < 4.78 is 35.7. The Balaban J connectivity index is 2.92. The van der Waals surface area contributed by atoms with E-state index in [0.29, 0.717) is 0 Å². The van der Waals surface area contributed by atoms with E-state index < -0.39 is 18.0 Å². The molecule has 0 amide bonds. The number of aromatic nitrogens is 2. The fraction of sp³-hybridized carbons (Fsp3) is 0.500. The molecule has 0 saturated carbocycles. The molecular formula is C6H7F3N2O. The van der Waals surface area contributed by atoms with Crippen molar-refractivity contribution in [1.82, 2.24) is 10.2 Å². The molecular weight excluding hydrogens is 173 g/mol. The second-order valence-corrected chi connectivity index (χ2v) is 2.38. The van der Waals surface area contributed by atoms with Crippen molar-refractivity contribution in [3.05, 3.63) is 17.5 Å². The van der Waals surface area contributed by atoms with Crippen molar-refractivity contribution < 1.29 is 18.3 Å². The molecule has 1 rings (SSSR count). The minimum atomic E-state index is -4.45. The van der Waals surface area contributed by atoms with E-state index in [2.05, 4.69) is 10.2 Å². The second-order valence-electron chi connectivity index (χ2n) is 2.38. The lowest BCUT2D eigenvalue weighted by atomic mass is 10.2. The van der Waals surface area contributed by atoms with Gasteiger partial charge >= 0.3 is 6.18 Å². The second kappa shape index (κ2) is 2.78. The zero-order valence-corrected chi connectivity index (χ0v) is 6.18. The minimum absolute atomic E-state index is 0.0577. The average molecular weight is 180 g/mol. The van der Waals surface area contributed by atoms with Crippen LogP contribution in [0.5, 0.6) is 0 Å². The molecule has 0 spiro atoms. The fourth-order valence-electron chi connectivity index (χ4n) is 0.696. The summed E-state index contributed by atoms with van der Waals surface area (Å²) in [7, 11) is 0. The highest BCUT2D eigenvalue weighted by Gasteiger charge is 2.34. The Hall–Kier alpha value is -1.04. The van der Waals surface area contributed by atoms with E-state index in [9.17, 15) is 13.2 Å². The van der Waals surface area contributed by atoms with Crippen LogP contribution in [0.4, 0.5) is 13.2 Å². The lowest BCUT2D eigenvalue weighted by Gasteiger charge is -1.99. The third kappa shape index (κ3) is 1.76. The van der Waals surface area contributed by atoms with Gasteiger partial charge in [-0.2, -0.15) is 18.3 Å². The van der Waals surface area contributed by atoms with Gasteiger partial charge in [0.1, 0.15) is 0 Å². The first-order valence-electron chi connectivity index (χ1n) is 3.22. The highest BCUT2D eigenvalue weighted by molar-refractivity contribution is 5.12. The summed E-state index contributed by atoms with van der Waals surface area (Å²) in [6.07, 6.45) is -5.42. The predicted octanol–water partition coefficient (Wildman–Crippen LogP) is 1.48. The number of aliphatic hydroxyl groups is 1. The Bertz CT molecular complexity index is 266. The Morgan fingerprint density at radius 1 is 1.58 bits per heavy atom. The zero-order valence-electron chi connectivity index (χ0n) is 6.18. The maximum atomic E-state index is 11.9. The summed E-state index contributed by atoms with van der Waals surface area (Å²) in [5, 5.41) is 14.0.